The predicted molar refractivity (Wildman–Crippen MR) is 31.1 cm³/mol. The molecule has 0 aliphatic rings. The van der Waals surface area contributed by atoms with Crippen molar-refractivity contribution in [2.45, 2.75) is 0 Å². The topological polar surface area (TPSA) is 9.23 Å². The first kappa shape index (κ1) is 5.72. The Kier molecular flexibility index (Phi) is 5.41. The second kappa shape index (κ2) is 4.72. The molecule has 0 saturated carbocycles. The molecular weight excluding hydrogens is 103 g/mol. The van der Waals surface area contributed by atoms with Gasteiger partial charge in [-0.2, -0.15) is 0 Å². The Morgan fingerprint density at radius 1 is 2.00 bits per heavy atom. The van der Waals surface area contributed by atoms with Crippen LogP contribution in [0.4, 0.5) is 0 Å². The lowest BCUT2D eigenvalue weighted by Gasteiger charge is -1.82. The molecule has 0 aromatic heterocycles. The first-order valence-corrected chi connectivity index (χ1v) is 3.14. The van der Waals surface area contributed by atoms with Crippen LogP contribution in [0.15, 0.2) is 0 Å². The zero-order chi connectivity index (χ0) is 4.12. The second-order valence-corrected chi connectivity index (χ2v) is 1.31. The Morgan fingerprint density at radius 3 is 2.60 bits per heavy atom. The van der Waals surface area contributed by atoms with Crippen LogP contribution in [0.5, 0.6) is 0 Å². The first-order valence-electron chi connectivity index (χ1n) is 1.35. The molecule has 0 rings (SSSR count). The molecule has 0 aromatic carbocycles. The third-order valence-corrected chi connectivity index (χ3v) is 0.828. The summed E-state index contributed by atoms with van der Waals surface area (Å²) in [6, 6.07) is 0. The van der Waals surface area contributed by atoms with Gasteiger partial charge in [0.2, 0.25) is 0 Å². The summed E-state index contributed by atoms with van der Waals surface area (Å²) in [5, 5.41) is 0. The van der Waals surface area contributed by atoms with Crippen molar-refractivity contribution in [1.82, 2.24) is 0 Å². The summed E-state index contributed by atoms with van der Waals surface area (Å²) in [4.78, 5) is 0. The molecule has 5 heavy (non-hydrogen) atoms. The molecule has 0 unspecified atom stereocenters. The molecule has 0 spiro atoms. The van der Waals surface area contributed by atoms with Crippen LogP contribution in [0.25, 0.3) is 0 Å². The maximum atomic E-state index is 4.61. The van der Waals surface area contributed by atoms with Gasteiger partial charge in [-0.05, 0) is 0 Å². The lowest BCUT2D eigenvalue weighted by atomic mass is 10.2. The van der Waals surface area contributed by atoms with Gasteiger partial charge in [-0.15, -0.1) is 0 Å². The zero-order valence-corrected chi connectivity index (χ0v) is 4.68. The molecule has 0 aliphatic carbocycles. The summed E-state index contributed by atoms with van der Waals surface area (Å²) in [5.74, 6) is 0. The van der Waals surface area contributed by atoms with Crippen LogP contribution >= 0.6 is 22.7 Å². The van der Waals surface area contributed by atoms with Crippen molar-refractivity contribution in [3.63, 3.8) is 0 Å². The summed E-state index contributed by atoms with van der Waals surface area (Å²) in [5.41, 5.74) is 0. The number of hydrogen-bond donors (Lipinski definition) is 1. The van der Waals surface area contributed by atoms with Gasteiger partial charge in [0.15, 0.2) is 0 Å². The monoisotopic (exact) mass is 108 g/mol. The van der Waals surface area contributed by atoms with E-state index in [1.807, 2.05) is 7.85 Å². The maximum Gasteiger partial charge on any atom is 0.136 e. The van der Waals surface area contributed by atoms with E-state index in [0.717, 1.165) is 17.6 Å². The maximum absolute atomic E-state index is 4.61. The van der Waals surface area contributed by atoms with Gasteiger partial charge in [0.25, 0.3) is 0 Å². The molecule has 0 aliphatic heterocycles. The quantitative estimate of drug-likeness (QED) is 0.232. The van der Waals surface area contributed by atoms with Gasteiger partial charge in [0, 0.05) is 6.51 Å². The largest absolute Gasteiger partial charge is 0.314 e. The SMILES string of the molecule is BCOSS. The van der Waals surface area contributed by atoms with Crippen LogP contribution in [0.3, 0.4) is 0 Å². The average Bonchev–Trinajstić information content (AvgIpc) is 1.41. The van der Waals surface area contributed by atoms with E-state index in [-0.39, 0.29) is 0 Å². The van der Waals surface area contributed by atoms with Crippen molar-refractivity contribution in [2.24, 2.45) is 0 Å². The molecule has 0 fully saturated rings. The summed E-state index contributed by atoms with van der Waals surface area (Å²) >= 11 is 4.79. The molecule has 0 heterocycles. The van der Waals surface area contributed by atoms with Crippen molar-refractivity contribution >= 4 is 30.6 Å². The van der Waals surface area contributed by atoms with Crippen LogP contribution in [0.2, 0.25) is 0 Å². The Balaban J connectivity index is 2.19. The third kappa shape index (κ3) is 4.72. The fourth-order valence-electron chi connectivity index (χ4n) is 0.0527. The number of thiol groups is 1. The second-order valence-electron chi connectivity index (χ2n) is 0.481. The molecule has 1 nitrogen and oxygen atoms in total. The lowest BCUT2D eigenvalue weighted by Crippen LogP contribution is -1.76. The van der Waals surface area contributed by atoms with Gasteiger partial charge < -0.3 is 4.18 Å². The molecule has 0 saturated heterocycles. The van der Waals surface area contributed by atoms with E-state index in [1.54, 1.807) is 0 Å². The minimum absolute atomic E-state index is 0.730. The molecule has 0 amide bonds. The highest BCUT2D eigenvalue weighted by Gasteiger charge is 1.67. The van der Waals surface area contributed by atoms with Crippen molar-refractivity contribution < 1.29 is 4.18 Å². The van der Waals surface area contributed by atoms with Gasteiger partial charge >= 0.3 is 0 Å². The Bertz CT molecular complexity index is 17.1. The molecule has 30 valence electrons. The van der Waals surface area contributed by atoms with E-state index < -0.39 is 0 Å². The van der Waals surface area contributed by atoms with Gasteiger partial charge in [0.1, 0.15) is 7.85 Å². The summed E-state index contributed by atoms with van der Waals surface area (Å²) < 4.78 is 4.61. The highest BCUT2D eigenvalue weighted by molar-refractivity contribution is 8.66. The minimum atomic E-state index is 0.730. The predicted octanol–water partition coefficient (Wildman–Crippen LogP) is 0.0866. The average molecular weight is 108 g/mol. The van der Waals surface area contributed by atoms with Gasteiger partial charge in [0.05, 0.1) is 11.1 Å². The van der Waals surface area contributed by atoms with E-state index in [2.05, 4.69) is 15.8 Å². The highest BCUT2D eigenvalue weighted by Crippen LogP contribution is 2.03. The van der Waals surface area contributed by atoms with Crippen molar-refractivity contribution in [3.05, 3.63) is 0 Å². The first-order chi connectivity index (χ1) is 2.41. The van der Waals surface area contributed by atoms with E-state index in [9.17, 15) is 0 Å². The van der Waals surface area contributed by atoms with Crippen LogP contribution in [0, 0.1) is 0 Å². The Morgan fingerprint density at radius 2 is 2.60 bits per heavy atom. The molecule has 0 N–H and O–H groups in total. The van der Waals surface area contributed by atoms with Gasteiger partial charge in [-0.3, -0.25) is 0 Å². The van der Waals surface area contributed by atoms with Crippen LogP contribution in [0.1, 0.15) is 0 Å². The fraction of sp³-hybridized carbons (Fsp3) is 1.00. The van der Waals surface area contributed by atoms with Gasteiger partial charge in [-0.1, -0.05) is 11.7 Å². The minimum Gasteiger partial charge on any atom is -0.314 e. The Hall–Kier alpha value is 0.725. The smallest absolute Gasteiger partial charge is 0.136 e. The van der Waals surface area contributed by atoms with E-state index in [0.29, 0.717) is 0 Å². The molecule has 4 heteroatoms. The van der Waals surface area contributed by atoms with Crippen molar-refractivity contribution in [3.8, 4) is 0 Å². The molecule has 0 bridgehead atoms. The van der Waals surface area contributed by atoms with Crippen LogP contribution in [-0.2, 0) is 4.18 Å². The highest BCUT2D eigenvalue weighted by atomic mass is 33.1. The summed E-state index contributed by atoms with van der Waals surface area (Å²) in [6.45, 7) is 0.730. The van der Waals surface area contributed by atoms with Gasteiger partial charge in [-0.25, -0.2) is 0 Å². The third-order valence-electron chi connectivity index (χ3n) is 0.171. The zero-order valence-electron chi connectivity index (χ0n) is 2.97. The lowest BCUT2D eigenvalue weighted by molar-refractivity contribution is 0.466. The van der Waals surface area contributed by atoms with Crippen molar-refractivity contribution in [2.75, 3.05) is 6.51 Å². The standard InChI is InChI=1S/CH5BOS2/c2-1-3-5-4/h4H,1-2H2. The molecule has 0 atom stereocenters. The molecular formula is CH5BOS2. The molecule has 0 radical (unpaired) electrons. The fourth-order valence-corrected chi connectivity index (χ4v) is 0.474. The van der Waals surface area contributed by atoms with E-state index in [1.165, 1.54) is 0 Å². The number of rotatable bonds is 2. The summed E-state index contributed by atoms with van der Waals surface area (Å²) in [7, 11) is 1.92. The summed E-state index contributed by atoms with van der Waals surface area (Å²) in [6.07, 6.45) is 0. The Labute approximate surface area is 41.9 Å². The van der Waals surface area contributed by atoms with E-state index >= 15 is 0 Å². The molecule has 0 aromatic rings. The van der Waals surface area contributed by atoms with Crippen LogP contribution in [-0.4, -0.2) is 14.4 Å². The van der Waals surface area contributed by atoms with E-state index in [4.69, 9.17) is 0 Å². The normalized spacial score (nSPS) is 8.20. The van der Waals surface area contributed by atoms with Crippen LogP contribution < -0.4 is 0 Å². The number of hydrogen-bond acceptors (Lipinski definition) is 3. The van der Waals surface area contributed by atoms with Crippen molar-refractivity contribution in [1.29, 1.82) is 0 Å².